The lowest BCUT2D eigenvalue weighted by atomic mass is 9.72. The molecular formula is C19H23N5O. The number of piperidine rings is 2. The summed E-state index contributed by atoms with van der Waals surface area (Å²) in [6.07, 6.45) is 11.4. The summed E-state index contributed by atoms with van der Waals surface area (Å²) in [4.78, 5) is 29.8. The van der Waals surface area contributed by atoms with E-state index in [9.17, 15) is 4.79 Å². The Morgan fingerprint density at radius 1 is 0.960 bits per heavy atom. The molecule has 2 fully saturated rings. The number of carbonyl (C=O) groups is 1. The fraction of sp³-hybridized carbons (Fsp3) is 0.474. The molecule has 4 rings (SSSR count). The van der Waals surface area contributed by atoms with Crippen LogP contribution in [0.15, 0.2) is 43.0 Å². The van der Waals surface area contributed by atoms with E-state index in [0.717, 1.165) is 57.0 Å². The highest BCUT2D eigenvalue weighted by Crippen LogP contribution is 2.40. The van der Waals surface area contributed by atoms with Gasteiger partial charge in [-0.3, -0.25) is 9.78 Å². The number of likely N-dealkylation sites (tertiary alicyclic amines) is 1. The summed E-state index contributed by atoms with van der Waals surface area (Å²) in [6, 6.07) is 5.45. The van der Waals surface area contributed by atoms with Gasteiger partial charge < -0.3 is 9.80 Å². The Labute approximate surface area is 147 Å². The van der Waals surface area contributed by atoms with Gasteiger partial charge in [0.25, 0.3) is 5.91 Å². The molecule has 4 heterocycles. The largest absolute Gasteiger partial charge is 0.341 e. The van der Waals surface area contributed by atoms with Crippen LogP contribution in [0.2, 0.25) is 0 Å². The van der Waals surface area contributed by atoms with E-state index in [1.165, 1.54) is 6.42 Å². The van der Waals surface area contributed by atoms with E-state index in [4.69, 9.17) is 0 Å². The lowest BCUT2D eigenvalue weighted by Gasteiger charge is -2.47. The molecule has 1 amide bonds. The number of amides is 1. The average molecular weight is 337 g/mol. The summed E-state index contributed by atoms with van der Waals surface area (Å²) in [5, 5.41) is 0. The Morgan fingerprint density at radius 2 is 1.68 bits per heavy atom. The summed E-state index contributed by atoms with van der Waals surface area (Å²) in [7, 11) is 0. The molecule has 0 bridgehead atoms. The first kappa shape index (κ1) is 16.0. The predicted molar refractivity (Wildman–Crippen MR) is 95.3 cm³/mol. The maximum Gasteiger partial charge on any atom is 0.253 e. The molecule has 2 aliphatic rings. The summed E-state index contributed by atoms with van der Waals surface area (Å²) in [5.41, 5.74) is 0.980. The summed E-state index contributed by atoms with van der Waals surface area (Å²) in [6.45, 7) is 3.63. The highest BCUT2D eigenvalue weighted by Gasteiger charge is 2.40. The second-order valence-corrected chi connectivity index (χ2v) is 7.10. The van der Waals surface area contributed by atoms with Crippen molar-refractivity contribution < 1.29 is 4.79 Å². The molecule has 2 aromatic heterocycles. The van der Waals surface area contributed by atoms with Crippen LogP contribution in [0, 0.1) is 5.41 Å². The number of aromatic nitrogens is 3. The maximum atomic E-state index is 12.8. The molecule has 0 aliphatic carbocycles. The number of carbonyl (C=O) groups excluding carboxylic acids is 1. The number of nitrogens with zero attached hydrogens (tertiary/aromatic N) is 5. The van der Waals surface area contributed by atoms with Crippen LogP contribution in [0.3, 0.4) is 0 Å². The Bertz CT molecular complexity index is 713. The van der Waals surface area contributed by atoms with Crippen molar-refractivity contribution in [3.63, 3.8) is 0 Å². The van der Waals surface area contributed by atoms with Gasteiger partial charge >= 0.3 is 0 Å². The van der Waals surface area contributed by atoms with Crippen LogP contribution in [-0.4, -0.2) is 51.9 Å². The lowest BCUT2D eigenvalue weighted by Crippen LogP contribution is -2.51. The molecule has 130 valence electrons. The topological polar surface area (TPSA) is 62.2 Å². The third kappa shape index (κ3) is 3.34. The molecule has 0 aromatic carbocycles. The van der Waals surface area contributed by atoms with Gasteiger partial charge in [0.05, 0.1) is 0 Å². The molecule has 0 N–H and O–H groups in total. The predicted octanol–water partition coefficient (Wildman–Crippen LogP) is 2.39. The first-order valence-electron chi connectivity index (χ1n) is 8.97. The van der Waals surface area contributed by atoms with Crippen molar-refractivity contribution in [1.82, 2.24) is 19.9 Å². The Balaban J connectivity index is 1.42. The summed E-state index contributed by atoms with van der Waals surface area (Å²) < 4.78 is 0. The zero-order valence-electron chi connectivity index (χ0n) is 14.3. The average Bonchev–Trinajstić information content (AvgIpc) is 2.69. The second kappa shape index (κ2) is 6.78. The van der Waals surface area contributed by atoms with E-state index in [0.29, 0.717) is 0 Å². The highest BCUT2D eigenvalue weighted by atomic mass is 16.2. The lowest BCUT2D eigenvalue weighted by molar-refractivity contribution is 0.0433. The minimum absolute atomic E-state index is 0.135. The molecule has 0 saturated carbocycles. The monoisotopic (exact) mass is 337 g/mol. The first-order valence-corrected chi connectivity index (χ1v) is 8.97. The van der Waals surface area contributed by atoms with E-state index in [1.807, 2.05) is 11.0 Å². The zero-order chi connectivity index (χ0) is 17.1. The van der Waals surface area contributed by atoms with Gasteiger partial charge in [-0.05, 0) is 49.3 Å². The minimum atomic E-state index is 0.135. The van der Waals surface area contributed by atoms with Gasteiger partial charge in [-0.25, -0.2) is 9.97 Å². The molecule has 2 aromatic rings. The summed E-state index contributed by atoms with van der Waals surface area (Å²) >= 11 is 0. The third-order valence-electron chi connectivity index (χ3n) is 5.53. The highest BCUT2D eigenvalue weighted by molar-refractivity contribution is 5.94. The van der Waals surface area contributed by atoms with Gasteiger partial charge in [0, 0.05) is 56.5 Å². The SMILES string of the molecule is O=C(c1ccncc1)N1CCCC2(CCN(c3ncccn3)CC2)C1. The van der Waals surface area contributed by atoms with Gasteiger partial charge in [-0.2, -0.15) is 0 Å². The van der Waals surface area contributed by atoms with Crippen molar-refractivity contribution in [3.8, 4) is 0 Å². The van der Waals surface area contributed by atoms with Gasteiger partial charge in [-0.1, -0.05) is 0 Å². The van der Waals surface area contributed by atoms with Gasteiger partial charge in [-0.15, -0.1) is 0 Å². The van der Waals surface area contributed by atoms with Crippen LogP contribution >= 0.6 is 0 Å². The maximum absolute atomic E-state index is 12.8. The fourth-order valence-electron chi connectivity index (χ4n) is 4.10. The molecule has 25 heavy (non-hydrogen) atoms. The number of rotatable bonds is 2. The van der Waals surface area contributed by atoms with Crippen LogP contribution in [0.4, 0.5) is 5.95 Å². The number of pyridine rings is 1. The fourth-order valence-corrected chi connectivity index (χ4v) is 4.10. The Hall–Kier alpha value is -2.50. The zero-order valence-corrected chi connectivity index (χ0v) is 14.3. The van der Waals surface area contributed by atoms with E-state index in [-0.39, 0.29) is 11.3 Å². The molecule has 0 atom stereocenters. The van der Waals surface area contributed by atoms with Crippen LogP contribution in [0.1, 0.15) is 36.0 Å². The number of hydrogen-bond acceptors (Lipinski definition) is 5. The Morgan fingerprint density at radius 3 is 2.40 bits per heavy atom. The smallest absolute Gasteiger partial charge is 0.253 e. The molecular weight excluding hydrogens is 314 g/mol. The van der Waals surface area contributed by atoms with Gasteiger partial charge in [0.2, 0.25) is 5.95 Å². The van der Waals surface area contributed by atoms with Crippen LogP contribution in [0.25, 0.3) is 0 Å². The minimum Gasteiger partial charge on any atom is -0.341 e. The second-order valence-electron chi connectivity index (χ2n) is 7.10. The van der Waals surface area contributed by atoms with Crippen molar-refractivity contribution in [2.75, 3.05) is 31.1 Å². The number of anilines is 1. The van der Waals surface area contributed by atoms with Crippen molar-refractivity contribution >= 4 is 11.9 Å². The van der Waals surface area contributed by atoms with Gasteiger partial charge in [0.15, 0.2) is 0 Å². The van der Waals surface area contributed by atoms with Crippen molar-refractivity contribution in [1.29, 1.82) is 0 Å². The molecule has 2 saturated heterocycles. The van der Waals surface area contributed by atoms with Crippen molar-refractivity contribution in [3.05, 3.63) is 48.5 Å². The molecule has 0 unspecified atom stereocenters. The summed E-state index contributed by atoms with van der Waals surface area (Å²) in [5.74, 6) is 0.952. The standard InChI is InChI=1S/C19H23N5O/c25-17(16-3-10-20-11-4-16)24-12-1-5-19(15-24)6-13-23(14-7-19)18-21-8-2-9-22-18/h2-4,8-11H,1,5-7,12-15H2. The molecule has 6 heteroatoms. The quantitative estimate of drug-likeness (QED) is 0.842. The first-order chi connectivity index (χ1) is 12.3. The number of hydrogen-bond donors (Lipinski definition) is 0. The van der Waals surface area contributed by atoms with Crippen LogP contribution in [-0.2, 0) is 0 Å². The van der Waals surface area contributed by atoms with Crippen molar-refractivity contribution in [2.45, 2.75) is 25.7 Å². The van der Waals surface area contributed by atoms with E-state index in [2.05, 4.69) is 19.9 Å². The Kier molecular flexibility index (Phi) is 4.34. The normalized spacial score (nSPS) is 19.8. The van der Waals surface area contributed by atoms with Crippen molar-refractivity contribution in [2.24, 2.45) is 5.41 Å². The molecule has 6 nitrogen and oxygen atoms in total. The van der Waals surface area contributed by atoms with Crippen LogP contribution in [0.5, 0.6) is 0 Å². The van der Waals surface area contributed by atoms with Gasteiger partial charge in [0.1, 0.15) is 0 Å². The molecule has 2 aliphatic heterocycles. The third-order valence-corrected chi connectivity index (χ3v) is 5.53. The van der Waals surface area contributed by atoms with E-state index < -0.39 is 0 Å². The van der Waals surface area contributed by atoms with Crippen LogP contribution < -0.4 is 4.90 Å². The van der Waals surface area contributed by atoms with E-state index in [1.54, 1.807) is 36.9 Å². The van der Waals surface area contributed by atoms with E-state index >= 15 is 0 Å². The molecule has 0 radical (unpaired) electrons. The molecule has 1 spiro atoms.